The molecule has 1 aliphatic carbocycles. The number of nitrogens with zero attached hydrogens (tertiary/aromatic N) is 3. The largest absolute Gasteiger partial charge is 0.371 e. The van der Waals surface area contributed by atoms with Crippen LogP contribution >= 0.6 is 0 Å². The van der Waals surface area contributed by atoms with Gasteiger partial charge in [-0.05, 0) is 62.3 Å². The van der Waals surface area contributed by atoms with E-state index in [2.05, 4.69) is 10.1 Å². The molecule has 9 heteroatoms. The number of piperidine rings is 1. The SMILES string of the molecule is Cc1cc(S(=O)(=O)N2CCCCC2c2noc(COCC3CC3)n2)ccc1F. The molecule has 7 nitrogen and oxygen atoms in total. The summed E-state index contributed by atoms with van der Waals surface area (Å²) in [5, 5.41) is 4.01. The molecule has 1 aliphatic heterocycles. The van der Waals surface area contributed by atoms with E-state index < -0.39 is 21.9 Å². The molecule has 0 bridgehead atoms. The molecule has 0 N–H and O–H groups in total. The summed E-state index contributed by atoms with van der Waals surface area (Å²) in [6.45, 7) is 2.84. The van der Waals surface area contributed by atoms with Crippen LogP contribution in [0.4, 0.5) is 4.39 Å². The van der Waals surface area contributed by atoms with Crippen LogP contribution in [0.15, 0.2) is 27.6 Å². The van der Waals surface area contributed by atoms with Crippen LogP contribution in [0.2, 0.25) is 0 Å². The molecule has 0 amide bonds. The molecule has 0 radical (unpaired) electrons. The molecule has 4 rings (SSSR count). The maximum Gasteiger partial charge on any atom is 0.252 e. The van der Waals surface area contributed by atoms with Gasteiger partial charge in [-0.3, -0.25) is 0 Å². The molecular weight excluding hydrogens is 385 g/mol. The Balaban J connectivity index is 1.53. The first kappa shape index (κ1) is 19.5. The van der Waals surface area contributed by atoms with Gasteiger partial charge in [-0.15, -0.1) is 0 Å². The van der Waals surface area contributed by atoms with Crippen molar-refractivity contribution in [2.24, 2.45) is 5.92 Å². The van der Waals surface area contributed by atoms with E-state index in [1.165, 1.54) is 35.3 Å². The number of hydrogen-bond donors (Lipinski definition) is 0. The molecule has 1 aromatic carbocycles. The molecule has 1 atom stereocenters. The summed E-state index contributed by atoms with van der Waals surface area (Å²) in [7, 11) is -3.80. The summed E-state index contributed by atoms with van der Waals surface area (Å²) in [4.78, 5) is 4.45. The van der Waals surface area contributed by atoms with E-state index in [1.54, 1.807) is 6.92 Å². The van der Waals surface area contributed by atoms with Crippen molar-refractivity contribution in [3.05, 3.63) is 41.3 Å². The molecule has 2 aliphatic rings. The Morgan fingerprint density at radius 3 is 2.86 bits per heavy atom. The topological polar surface area (TPSA) is 85.5 Å². The first-order chi connectivity index (χ1) is 13.4. The fourth-order valence-electron chi connectivity index (χ4n) is 3.42. The smallest absolute Gasteiger partial charge is 0.252 e. The van der Waals surface area contributed by atoms with Crippen molar-refractivity contribution in [1.82, 2.24) is 14.4 Å². The van der Waals surface area contributed by atoms with Crippen molar-refractivity contribution in [3.63, 3.8) is 0 Å². The molecule has 0 spiro atoms. The molecule has 2 aromatic rings. The number of benzene rings is 1. The quantitative estimate of drug-likeness (QED) is 0.697. The number of halogens is 1. The first-order valence-electron chi connectivity index (χ1n) is 9.63. The monoisotopic (exact) mass is 409 g/mol. The van der Waals surface area contributed by atoms with E-state index in [0.717, 1.165) is 12.8 Å². The van der Waals surface area contributed by atoms with E-state index in [-0.39, 0.29) is 11.5 Å². The Kier molecular flexibility index (Phi) is 5.48. The lowest BCUT2D eigenvalue weighted by atomic mass is 10.0. The average Bonchev–Trinajstić information content (AvgIpc) is 3.39. The third kappa shape index (κ3) is 4.11. The van der Waals surface area contributed by atoms with Crippen LogP contribution in [-0.4, -0.2) is 36.0 Å². The first-order valence-corrected chi connectivity index (χ1v) is 11.1. The van der Waals surface area contributed by atoms with Gasteiger partial charge in [0.15, 0.2) is 5.82 Å². The lowest BCUT2D eigenvalue weighted by Crippen LogP contribution is -2.39. The maximum absolute atomic E-state index is 13.6. The fraction of sp³-hybridized carbons (Fsp3) is 0.579. The second-order valence-corrected chi connectivity index (χ2v) is 9.43. The summed E-state index contributed by atoms with van der Waals surface area (Å²) in [6, 6.07) is 3.36. The summed E-state index contributed by atoms with van der Waals surface area (Å²) >= 11 is 0. The molecule has 1 aromatic heterocycles. The highest BCUT2D eigenvalue weighted by Crippen LogP contribution is 2.34. The molecule has 2 fully saturated rings. The van der Waals surface area contributed by atoms with Crippen molar-refractivity contribution < 1.29 is 22.1 Å². The normalized spacial score (nSPS) is 21.1. The van der Waals surface area contributed by atoms with Gasteiger partial charge in [0.1, 0.15) is 12.4 Å². The minimum Gasteiger partial charge on any atom is -0.371 e. The molecule has 28 heavy (non-hydrogen) atoms. The second-order valence-electron chi connectivity index (χ2n) is 7.54. The number of sulfonamides is 1. The highest BCUT2D eigenvalue weighted by atomic mass is 32.2. The molecule has 1 saturated carbocycles. The Hall–Kier alpha value is -1.84. The van der Waals surface area contributed by atoms with Crippen LogP contribution in [0, 0.1) is 18.7 Å². The Labute approximate surface area is 163 Å². The second kappa shape index (κ2) is 7.88. The van der Waals surface area contributed by atoms with Gasteiger partial charge >= 0.3 is 0 Å². The number of ether oxygens (including phenoxy) is 1. The number of aryl methyl sites for hydroxylation is 1. The van der Waals surface area contributed by atoms with Crippen molar-refractivity contribution in [3.8, 4) is 0 Å². The summed E-state index contributed by atoms with van der Waals surface area (Å²) < 4.78 is 52.2. The third-order valence-electron chi connectivity index (χ3n) is 5.25. The van der Waals surface area contributed by atoms with E-state index >= 15 is 0 Å². The average molecular weight is 409 g/mol. The van der Waals surface area contributed by atoms with Gasteiger partial charge in [0, 0.05) is 6.54 Å². The molecule has 1 saturated heterocycles. The lowest BCUT2D eigenvalue weighted by molar-refractivity contribution is 0.0894. The molecule has 152 valence electrons. The molecular formula is C19H24FN3O4S. The summed E-state index contributed by atoms with van der Waals surface area (Å²) in [5.41, 5.74) is 0.296. The van der Waals surface area contributed by atoms with Gasteiger partial charge in [-0.25, -0.2) is 12.8 Å². The zero-order valence-corrected chi connectivity index (χ0v) is 16.6. The predicted octanol–water partition coefficient (Wildman–Crippen LogP) is 3.36. The number of hydrogen-bond acceptors (Lipinski definition) is 6. The van der Waals surface area contributed by atoms with E-state index in [4.69, 9.17) is 9.26 Å². The van der Waals surface area contributed by atoms with Gasteiger partial charge in [0.2, 0.25) is 10.0 Å². The van der Waals surface area contributed by atoms with Crippen LogP contribution in [0.25, 0.3) is 0 Å². The van der Waals surface area contributed by atoms with Gasteiger partial charge in [-0.2, -0.15) is 9.29 Å². The molecule has 2 heterocycles. The van der Waals surface area contributed by atoms with E-state index in [1.807, 2.05) is 0 Å². The van der Waals surface area contributed by atoms with Gasteiger partial charge in [0.25, 0.3) is 5.89 Å². The van der Waals surface area contributed by atoms with Gasteiger partial charge < -0.3 is 9.26 Å². The van der Waals surface area contributed by atoms with Crippen molar-refractivity contribution in [2.75, 3.05) is 13.2 Å². The zero-order valence-electron chi connectivity index (χ0n) is 15.8. The van der Waals surface area contributed by atoms with Gasteiger partial charge in [0.05, 0.1) is 17.5 Å². The van der Waals surface area contributed by atoms with Crippen LogP contribution < -0.4 is 0 Å². The number of aromatic nitrogens is 2. The minimum absolute atomic E-state index is 0.0785. The van der Waals surface area contributed by atoms with E-state index in [9.17, 15) is 12.8 Å². The Bertz CT molecular complexity index is 942. The highest BCUT2D eigenvalue weighted by Gasteiger charge is 2.37. The summed E-state index contributed by atoms with van der Waals surface area (Å²) in [6.07, 6.45) is 4.65. The van der Waals surface area contributed by atoms with Crippen molar-refractivity contribution in [2.45, 2.75) is 56.6 Å². The van der Waals surface area contributed by atoms with Crippen molar-refractivity contribution >= 4 is 10.0 Å². The Morgan fingerprint density at radius 1 is 1.29 bits per heavy atom. The molecule has 1 unspecified atom stereocenters. The standard InChI is InChI=1S/C19H24FN3O4S/c1-13-10-15(7-8-16(13)20)28(24,25)23-9-3-2-4-17(23)19-21-18(27-22-19)12-26-11-14-5-6-14/h7-8,10,14,17H,2-6,9,11-12H2,1H3. The van der Waals surface area contributed by atoms with Crippen LogP contribution in [-0.2, 0) is 21.4 Å². The van der Waals surface area contributed by atoms with Crippen molar-refractivity contribution in [1.29, 1.82) is 0 Å². The minimum atomic E-state index is -3.80. The zero-order chi connectivity index (χ0) is 19.7. The predicted molar refractivity (Wildman–Crippen MR) is 98.3 cm³/mol. The van der Waals surface area contributed by atoms with E-state index in [0.29, 0.717) is 42.8 Å². The summed E-state index contributed by atoms with van der Waals surface area (Å²) in [5.74, 6) is 0.923. The van der Waals surface area contributed by atoms with Crippen LogP contribution in [0.1, 0.15) is 55.4 Å². The van der Waals surface area contributed by atoms with Gasteiger partial charge in [-0.1, -0.05) is 11.6 Å². The third-order valence-corrected chi connectivity index (χ3v) is 7.15. The number of rotatable bonds is 7. The van der Waals surface area contributed by atoms with Crippen LogP contribution in [0.3, 0.4) is 0 Å². The lowest BCUT2D eigenvalue weighted by Gasteiger charge is -2.32. The van der Waals surface area contributed by atoms with Crippen LogP contribution in [0.5, 0.6) is 0 Å². The maximum atomic E-state index is 13.6. The Morgan fingerprint density at radius 2 is 2.11 bits per heavy atom. The fourth-order valence-corrected chi connectivity index (χ4v) is 5.16. The highest BCUT2D eigenvalue weighted by molar-refractivity contribution is 7.89.